The zero-order valence-electron chi connectivity index (χ0n) is 14.2. The monoisotopic (exact) mass is 330 g/mol. The minimum atomic E-state index is -0.423. The van der Waals surface area contributed by atoms with E-state index in [2.05, 4.69) is 5.32 Å². The molecule has 0 unspecified atom stereocenters. The zero-order chi connectivity index (χ0) is 17.5. The van der Waals surface area contributed by atoms with E-state index in [1.807, 2.05) is 26.0 Å². The summed E-state index contributed by atoms with van der Waals surface area (Å²) in [5.74, 6) is 0.00207. The van der Waals surface area contributed by atoms with Gasteiger partial charge < -0.3 is 10.1 Å². The summed E-state index contributed by atoms with van der Waals surface area (Å²) in [5, 5.41) is 2.66. The first-order chi connectivity index (χ1) is 11.3. The molecule has 1 saturated heterocycles. The molecule has 6 heteroatoms. The maximum Gasteiger partial charge on any atom is 0.414 e. The van der Waals surface area contributed by atoms with Gasteiger partial charge in [0.15, 0.2) is 5.78 Å². The van der Waals surface area contributed by atoms with E-state index in [1.54, 1.807) is 11.0 Å². The van der Waals surface area contributed by atoms with E-state index in [9.17, 15) is 14.4 Å². The molecule has 1 aromatic rings. The lowest BCUT2D eigenvalue weighted by molar-refractivity contribution is -0.119. The van der Waals surface area contributed by atoms with Crippen LogP contribution in [0, 0.1) is 5.41 Å². The average Bonchev–Trinajstić information content (AvgIpc) is 2.90. The minimum absolute atomic E-state index is 0.153. The molecular formula is C18H22N2O4. The molecule has 0 bridgehead atoms. The van der Waals surface area contributed by atoms with Gasteiger partial charge in [0.05, 0.1) is 13.1 Å². The van der Waals surface area contributed by atoms with Crippen LogP contribution >= 0.6 is 0 Å². The number of aryl methyl sites for hydroxylation is 1. The van der Waals surface area contributed by atoms with Gasteiger partial charge in [0.25, 0.3) is 0 Å². The maximum atomic E-state index is 12.5. The third-order valence-corrected chi connectivity index (χ3v) is 4.73. The summed E-state index contributed by atoms with van der Waals surface area (Å²) >= 11 is 0. The summed E-state index contributed by atoms with van der Waals surface area (Å²) in [6.45, 7) is 6.05. The summed E-state index contributed by atoms with van der Waals surface area (Å²) in [4.78, 5) is 37.1. The Balaban J connectivity index is 1.78. The summed E-state index contributed by atoms with van der Waals surface area (Å²) in [7, 11) is 0. The van der Waals surface area contributed by atoms with Gasteiger partial charge in [-0.05, 0) is 36.6 Å². The predicted molar refractivity (Wildman–Crippen MR) is 89.2 cm³/mol. The van der Waals surface area contributed by atoms with Crippen LogP contribution in [0.3, 0.4) is 0 Å². The number of hydrogen-bond acceptors (Lipinski definition) is 4. The van der Waals surface area contributed by atoms with E-state index in [4.69, 9.17) is 4.74 Å². The number of amides is 2. The number of nitrogens with one attached hydrogen (secondary N) is 1. The molecule has 3 rings (SSSR count). The average molecular weight is 330 g/mol. The van der Waals surface area contributed by atoms with Crippen LogP contribution in [0.5, 0.6) is 0 Å². The van der Waals surface area contributed by atoms with Gasteiger partial charge in [0.2, 0.25) is 5.91 Å². The fraction of sp³-hybridized carbons (Fsp3) is 0.500. The van der Waals surface area contributed by atoms with Crippen LogP contribution in [-0.2, 0) is 16.0 Å². The lowest BCUT2D eigenvalue weighted by Gasteiger charge is -2.30. The van der Waals surface area contributed by atoms with Crippen LogP contribution in [-0.4, -0.2) is 37.0 Å². The second-order valence-electron chi connectivity index (χ2n) is 7.11. The van der Waals surface area contributed by atoms with Crippen molar-refractivity contribution in [3.63, 3.8) is 0 Å². The molecule has 0 saturated carbocycles. The number of anilines is 1. The van der Waals surface area contributed by atoms with Gasteiger partial charge in [-0.1, -0.05) is 13.8 Å². The molecule has 2 amide bonds. The number of nitrogens with zero attached hydrogens (tertiary/aromatic N) is 1. The van der Waals surface area contributed by atoms with E-state index in [-0.39, 0.29) is 23.2 Å². The summed E-state index contributed by atoms with van der Waals surface area (Å²) < 4.78 is 5.28. The number of carbonyl (C=O) groups excluding carboxylic acids is 3. The molecule has 1 atom stereocenters. The molecule has 1 aliphatic carbocycles. The number of hydrogen-bond donors (Lipinski definition) is 1. The summed E-state index contributed by atoms with van der Waals surface area (Å²) in [6, 6.07) is 5.51. The molecule has 0 spiro atoms. The van der Waals surface area contributed by atoms with Crippen LogP contribution in [0.4, 0.5) is 10.5 Å². The van der Waals surface area contributed by atoms with E-state index in [0.29, 0.717) is 13.1 Å². The molecule has 6 nitrogen and oxygen atoms in total. The van der Waals surface area contributed by atoms with Crippen molar-refractivity contribution < 1.29 is 19.1 Å². The molecule has 1 aliphatic heterocycles. The van der Waals surface area contributed by atoms with Gasteiger partial charge in [-0.3, -0.25) is 14.5 Å². The first kappa shape index (κ1) is 16.5. The quantitative estimate of drug-likeness (QED) is 0.923. The Morgan fingerprint density at radius 1 is 1.38 bits per heavy atom. The third-order valence-electron chi connectivity index (χ3n) is 4.73. The van der Waals surface area contributed by atoms with Crippen molar-refractivity contribution in [2.45, 2.75) is 39.7 Å². The SMILES string of the molecule is CC(=O)NC[C@H]1CN(c2ccc3c(c2)CCC(C)(C)C3=O)C(=O)O1. The Kier molecular flexibility index (Phi) is 4.07. The zero-order valence-corrected chi connectivity index (χ0v) is 14.2. The van der Waals surface area contributed by atoms with Gasteiger partial charge in [-0.25, -0.2) is 4.79 Å². The number of Topliss-reactive ketones (excluding diaryl/α,β-unsaturated/α-hetero) is 1. The lowest BCUT2D eigenvalue weighted by atomic mass is 9.73. The fourth-order valence-corrected chi connectivity index (χ4v) is 3.20. The Morgan fingerprint density at radius 2 is 2.12 bits per heavy atom. The number of fused-ring (bicyclic) bond motifs is 1. The molecule has 0 radical (unpaired) electrons. The van der Waals surface area contributed by atoms with Crippen molar-refractivity contribution in [1.29, 1.82) is 0 Å². The predicted octanol–water partition coefficient (Wildman–Crippen LogP) is 2.30. The topological polar surface area (TPSA) is 75.7 Å². The van der Waals surface area contributed by atoms with Crippen molar-refractivity contribution in [3.05, 3.63) is 29.3 Å². The smallest absolute Gasteiger partial charge is 0.414 e. The van der Waals surface area contributed by atoms with Crippen LogP contribution in [0.25, 0.3) is 0 Å². The van der Waals surface area contributed by atoms with Crippen LogP contribution in [0.15, 0.2) is 18.2 Å². The summed E-state index contributed by atoms with van der Waals surface area (Å²) in [6.07, 6.45) is 0.837. The first-order valence-electron chi connectivity index (χ1n) is 8.18. The molecule has 1 fully saturated rings. The normalized spacial score (nSPS) is 22.1. The molecular weight excluding hydrogens is 308 g/mol. The number of rotatable bonds is 3. The summed E-state index contributed by atoms with van der Waals surface area (Å²) in [5.41, 5.74) is 2.13. The van der Waals surface area contributed by atoms with Gasteiger partial charge in [0.1, 0.15) is 6.10 Å². The Bertz CT molecular complexity index is 711. The van der Waals surface area contributed by atoms with E-state index in [0.717, 1.165) is 29.7 Å². The fourth-order valence-electron chi connectivity index (χ4n) is 3.20. The molecule has 1 aromatic carbocycles. The van der Waals surface area contributed by atoms with Crippen molar-refractivity contribution >= 4 is 23.5 Å². The van der Waals surface area contributed by atoms with Gasteiger partial charge in [-0.15, -0.1) is 0 Å². The van der Waals surface area contributed by atoms with Crippen molar-refractivity contribution in [2.24, 2.45) is 5.41 Å². The standard InChI is InChI=1S/C18H22N2O4/c1-11(21)19-9-14-10-20(17(23)24-14)13-4-5-15-12(8-13)6-7-18(2,3)16(15)22/h4-5,8,14H,6-7,9-10H2,1-3H3,(H,19,21)/t14-/m0/s1. The van der Waals surface area contributed by atoms with Crippen molar-refractivity contribution in [3.8, 4) is 0 Å². The van der Waals surface area contributed by atoms with Crippen molar-refractivity contribution in [2.75, 3.05) is 18.0 Å². The number of cyclic esters (lactones) is 1. The molecule has 24 heavy (non-hydrogen) atoms. The molecule has 2 aliphatic rings. The second kappa shape index (κ2) is 5.92. The molecule has 0 aromatic heterocycles. The molecule has 1 heterocycles. The van der Waals surface area contributed by atoms with E-state index < -0.39 is 6.09 Å². The van der Waals surface area contributed by atoms with Crippen molar-refractivity contribution in [1.82, 2.24) is 5.32 Å². The number of ether oxygens (including phenoxy) is 1. The van der Waals surface area contributed by atoms with E-state index >= 15 is 0 Å². The Morgan fingerprint density at radius 3 is 2.83 bits per heavy atom. The second-order valence-corrected chi connectivity index (χ2v) is 7.11. The highest BCUT2D eigenvalue weighted by molar-refractivity contribution is 6.03. The van der Waals surface area contributed by atoms with Gasteiger partial charge >= 0.3 is 6.09 Å². The highest BCUT2D eigenvalue weighted by atomic mass is 16.6. The highest BCUT2D eigenvalue weighted by Crippen LogP contribution is 2.36. The maximum absolute atomic E-state index is 12.5. The Labute approximate surface area is 141 Å². The number of carbonyl (C=O) groups is 3. The Hall–Kier alpha value is -2.37. The number of benzene rings is 1. The molecule has 1 N–H and O–H groups in total. The third kappa shape index (κ3) is 3.00. The highest BCUT2D eigenvalue weighted by Gasteiger charge is 2.36. The first-order valence-corrected chi connectivity index (χ1v) is 8.18. The number of ketones is 1. The van der Waals surface area contributed by atoms with Crippen LogP contribution < -0.4 is 10.2 Å². The minimum Gasteiger partial charge on any atom is -0.442 e. The lowest BCUT2D eigenvalue weighted by Crippen LogP contribution is -2.33. The molecule has 128 valence electrons. The van der Waals surface area contributed by atoms with Crippen LogP contribution in [0.1, 0.15) is 43.1 Å². The van der Waals surface area contributed by atoms with E-state index in [1.165, 1.54) is 6.92 Å². The van der Waals surface area contributed by atoms with Crippen LogP contribution in [0.2, 0.25) is 0 Å². The van der Waals surface area contributed by atoms with Gasteiger partial charge in [0, 0.05) is 23.6 Å². The van der Waals surface area contributed by atoms with Gasteiger partial charge in [-0.2, -0.15) is 0 Å². The largest absolute Gasteiger partial charge is 0.442 e.